The molecule has 0 saturated heterocycles. The molecule has 0 fully saturated rings. The Balaban J connectivity index is 2.42. The van der Waals surface area contributed by atoms with E-state index in [0.717, 1.165) is 0 Å². The van der Waals surface area contributed by atoms with Crippen LogP contribution in [0.1, 0.15) is 21.7 Å². The second kappa shape index (κ2) is 3.89. The average Bonchev–Trinajstić information content (AvgIpc) is 2.67. The van der Waals surface area contributed by atoms with Crippen molar-refractivity contribution in [2.45, 2.75) is 6.92 Å². The molecule has 0 atom stereocenters. The van der Waals surface area contributed by atoms with Gasteiger partial charge in [-0.25, -0.2) is 9.37 Å². The molecule has 0 spiro atoms. The van der Waals surface area contributed by atoms with E-state index in [-0.39, 0.29) is 11.6 Å². The number of aromatic nitrogens is 2. The van der Waals surface area contributed by atoms with Crippen LogP contribution in [0.5, 0.6) is 0 Å². The Bertz CT molecular complexity index is 546. The molecular weight excluding hydrogens is 207 g/mol. The number of ketones is 1. The number of nitrogens with zero attached hydrogens (tertiary/aromatic N) is 2. The van der Waals surface area contributed by atoms with Crippen molar-refractivity contribution in [2.24, 2.45) is 7.05 Å². The van der Waals surface area contributed by atoms with E-state index in [9.17, 15) is 9.18 Å². The van der Waals surface area contributed by atoms with E-state index in [1.54, 1.807) is 30.9 Å². The third-order valence-corrected chi connectivity index (χ3v) is 2.44. The molecule has 0 amide bonds. The van der Waals surface area contributed by atoms with Gasteiger partial charge in [0.25, 0.3) is 0 Å². The number of rotatable bonds is 2. The van der Waals surface area contributed by atoms with Crippen molar-refractivity contribution in [3.05, 3.63) is 53.4 Å². The summed E-state index contributed by atoms with van der Waals surface area (Å²) in [4.78, 5) is 15.9. The molecule has 0 aliphatic carbocycles. The van der Waals surface area contributed by atoms with Crippen LogP contribution in [-0.4, -0.2) is 15.3 Å². The maximum absolute atomic E-state index is 13.1. The molecule has 0 unspecified atom stereocenters. The van der Waals surface area contributed by atoms with Crippen LogP contribution in [0.4, 0.5) is 4.39 Å². The van der Waals surface area contributed by atoms with Crippen LogP contribution < -0.4 is 0 Å². The van der Waals surface area contributed by atoms with Gasteiger partial charge in [0.1, 0.15) is 5.82 Å². The number of benzene rings is 1. The minimum Gasteiger partial charge on any atom is -0.331 e. The molecule has 0 aliphatic heterocycles. The summed E-state index contributed by atoms with van der Waals surface area (Å²) in [7, 11) is 1.75. The van der Waals surface area contributed by atoms with Crippen molar-refractivity contribution in [3.8, 4) is 0 Å². The summed E-state index contributed by atoms with van der Waals surface area (Å²) < 4.78 is 14.7. The highest BCUT2D eigenvalue weighted by Gasteiger charge is 2.14. The second-order valence-electron chi connectivity index (χ2n) is 3.65. The molecule has 3 nitrogen and oxygen atoms in total. The molecule has 1 aromatic carbocycles. The highest BCUT2D eigenvalue weighted by Crippen LogP contribution is 2.12. The first-order chi connectivity index (χ1) is 7.59. The maximum Gasteiger partial charge on any atom is 0.228 e. The number of hydrogen-bond acceptors (Lipinski definition) is 2. The molecule has 16 heavy (non-hydrogen) atoms. The molecule has 0 saturated carbocycles. The Morgan fingerprint density at radius 3 is 2.75 bits per heavy atom. The lowest BCUT2D eigenvalue weighted by molar-refractivity contribution is 0.102. The Morgan fingerprint density at radius 2 is 2.19 bits per heavy atom. The van der Waals surface area contributed by atoms with Gasteiger partial charge in [-0.3, -0.25) is 4.79 Å². The monoisotopic (exact) mass is 218 g/mol. The third-order valence-electron chi connectivity index (χ3n) is 2.44. The van der Waals surface area contributed by atoms with Crippen LogP contribution in [-0.2, 0) is 7.05 Å². The SMILES string of the molecule is Cc1cc(C(=O)c2nccn2C)ccc1F. The van der Waals surface area contributed by atoms with Crippen molar-refractivity contribution in [1.82, 2.24) is 9.55 Å². The van der Waals surface area contributed by atoms with E-state index >= 15 is 0 Å². The smallest absolute Gasteiger partial charge is 0.228 e. The molecule has 1 aromatic heterocycles. The summed E-state index contributed by atoms with van der Waals surface area (Å²) in [5.74, 6) is -0.155. The zero-order chi connectivity index (χ0) is 11.7. The molecule has 1 heterocycles. The van der Waals surface area contributed by atoms with Crippen LogP contribution in [0.3, 0.4) is 0 Å². The fourth-order valence-electron chi connectivity index (χ4n) is 1.50. The number of aryl methyl sites for hydroxylation is 2. The summed E-state index contributed by atoms with van der Waals surface area (Å²) in [5.41, 5.74) is 0.910. The van der Waals surface area contributed by atoms with Crippen molar-refractivity contribution in [2.75, 3.05) is 0 Å². The molecule has 0 aliphatic rings. The number of carbonyl (C=O) groups is 1. The topological polar surface area (TPSA) is 34.9 Å². The quantitative estimate of drug-likeness (QED) is 0.723. The third kappa shape index (κ3) is 1.74. The van der Waals surface area contributed by atoms with E-state index in [1.165, 1.54) is 18.2 Å². The van der Waals surface area contributed by atoms with Crippen LogP contribution in [0, 0.1) is 12.7 Å². The van der Waals surface area contributed by atoms with Crippen LogP contribution in [0.25, 0.3) is 0 Å². The van der Waals surface area contributed by atoms with Crippen LogP contribution in [0.2, 0.25) is 0 Å². The van der Waals surface area contributed by atoms with Crippen molar-refractivity contribution >= 4 is 5.78 Å². The van der Waals surface area contributed by atoms with Gasteiger partial charge in [0.15, 0.2) is 5.82 Å². The first-order valence-electron chi connectivity index (χ1n) is 4.88. The highest BCUT2D eigenvalue weighted by molar-refractivity contribution is 6.06. The van der Waals surface area contributed by atoms with Gasteiger partial charge in [0, 0.05) is 25.0 Å². The minimum absolute atomic E-state index is 0.199. The van der Waals surface area contributed by atoms with Crippen molar-refractivity contribution < 1.29 is 9.18 Å². The normalized spacial score (nSPS) is 10.4. The van der Waals surface area contributed by atoms with Gasteiger partial charge >= 0.3 is 0 Å². The molecule has 4 heteroatoms. The first kappa shape index (κ1) is 10.5. The van der Waals surface area contributed by atoms with E-state index in [2.05, 4.69) is 4.98 Å². The molecule has 0 bridgehead atoms. The lowest BCUT2D eigenvalue weighted by atomic mass is 10.1. The van der Waals surface area contributed by atoms with E-state index in [4.69, 9.17) is 0 Å². The predicted molar refractivity (Wildman–Crippen MR) is 57.8 cm³/mol. The highest BCUT2D eigenvalue weighted by atomic mass is 19.1. The fraction of sp³-hybridized carbons (Fsp3) is 0.167. The average molecular weight is 218 g/mol. The number of carbonyl (C=O) groups excluding carboxylic acids is 1. The fourth-order valence-corrected chi connectivity index (χ4v) is 1.50. The Labute approximate surface area is 92.5 Å². The Morgan fingerprint density at radius 1 is 1.44 bits per heavy atom. The number of halogens is 1. The van der Waals surface area contributed by atoms with E-state index in [0.29, 0.717) is 17.0 Å². The van der Waals surface area contributed by atoms with E-state index in [1.807, 2.05) is 0 Å². The second-order valence-corrected chi connectivity index (χ2v) is 3.65. The van der Waals surface area contributed by atoms with Gasteiger partial charge in [-0.2, -0.15) is 0 Å². The lowest BCUT2D eigenvalue weighted by Gasteiger charge is -2.03. The lowest BCUT2D eigenvalue weighted by Crippen LogP contribution is -2.09. The summed E-state index contributed by atoms with van der Waals surface area (Å²) >= 11 is 0. The summed E-state index contributed by atoms with van der Waals surface area (Å²) in [6, 6.07) is 4.30. The molecule has 2 aromatic rings. The Kier molecular flexibility index (Phi) is 2.56. The van der Waals surface area contributed by atoms with Gasteiger partial charge < -0.3 is 4.57 Å². The van der Waals surface area contributed by atoms with Gasteiger partial charge in [-0.15, -0.1) is 0 Å². The van der Waals surface area contributed by atoms with E-state index < -0.39 is 0 Å². The van der Waals surface area contributed by atoms with Gasteiger partial charge in [-0.1, -0.05) is 0 Å². The minimum atomic E-state index is -0.309. The van der Waals surface area contributed by atoms with Gasteiger partial charge in [0.2, 0.25) is 5.78 Å². The predicted octanol–water partition coefficient (Wildman–Crippen LogP) is 2.10. The zero-order valence-corrected chi connectivity index (χ0v) is 9.07. The Hall–Kier alpha value is -1.97. The molecule has 2 rings (SSSR count). The largest absolute Gasteiger partial charge is 0.331 e. The van der Waals surface area contributed by atoms with Gasteiger partial charge in [-0.05, 0) is 30.7 Å². The standard InChI is InChI=1S/C12H11FN2O/c1-8-7-9(3-4-10(8)13)11(16)12-14-5-6-15(12)2/h3-7H,1-2H3. The summed E-state index contributed by atoms with van der Waals surface area (Å²) in [6.45, 7) is 1.63. The maximum atomic E-state index is 13.1. The zero-order valence-electron chi connectivity index (χ0n) is 9.07. The number of imidazole rings is 1. The summed E-state index contributed by atoms with van der Waals surface area (Å²) in [5, 5.41) is 0. The van der Waals surface area contributed by atoms with Gasteiger partial charge in [0.05, 0.1) is 0 Å². The molecule has 82 valence electrons. The first-order valence-corrected chi connectivity index (χ1v) is 4.88. The summed E-state index contributed by atoms with van der Waals surface area (Å²) in [6.07, 6.45) is 3.26. The van der Waals surface area contributed by atoms with Crippen LogP contribution >= 0.6 is 0 Å². The molecular formula is C12H11FN2O. The van der Waals surface area contributed by atoms with Crippen molar-refractivity contribution in [1.29, 1.82) is 0 Å². The molecule has 0 N–H and O–H groups in total. The van der Waals surface area contributed by atoms with Crippen molar-refractivity contribution in [3.63, 3.8) is 0 Å². The van der Waals surface area contributed by atoms with Crippen LogP contribution in [0.15, 0.2) is 30.6 Å². The number of hydrogen-bond donors (Lipinski definition) is 0. The molecule has 0 radical (unpaired) electrons.